The minimum absolute atomic E-state index is 0.200. The molecule has 0 spiro atoms. The van der Waals surface area contributed by atoms with Crippen molar-refractivity contribution in [1.29, 1.82) is 0 Å². The van der Waals surface area contributed by atoms with E-state index in [1.807, 2.05) is 24.3 Å². The highest BCUT2D eigenvalue weighted by molar-refractivity contribution is 9.10. The van der Waals surface area contributed by atoms with E-state index in [9.17, 15) is 4.79 Å². The number of benzene rings is 1. The van der Waals surface area contributed by atoms with Crippen LogP contribution in [0.4, 0.5) is 0 Å². The van der Waals surface area contributed by atoms with E-state index in [1.54, 1.807) is 11.3 Å². The van der Waals surface area contributed by atoms with E-state index in [2.05, 4.69) is 52.3 Å². The number of Topliss-reactive ketones (excluding diaryl/α,β-unsaturated/α-hetero) is 1. The molecule has 2 aromatic rings. The first-order valence-electron chi connectivity index (χ1n) is 7.07. The second-order valence-corrected chi connectivity index (χ2v) is 7.24. The van der Waals surface area contributed by atoms with E-state index < -0.39 is 0 Å². The number of hydrogen-bond acceptors (Lipinski definition) is 3. The zero-order valence-corrected chi connectivity index (χ0v) is 14.8. The van der Waals surface area contributed by atoms with Gasteiger partial charge in [-0.05, 0) is 44.0 Å². The van der Waals surface area contributed by atoms with Crippen LogP contribution >= 0.6 is 27.3 Å². The van der Waals surface area contributed by atoms with Crippen LogP contribution in [-0.4, -0.2) is 30.3 Å². The summed E-state index contributed by atoms with van der Waals surface area (Å²) in [6.45, 7) is 3.00. The van der Waals surface area contributed by atoms with E-state index in [1.165, 1.54) is 4.88 Å². The molecule has 0 saturated carbocycles. The van der Waals surface area contributed by atoms with Crippen LogP contribution in [0.5, 0.6) is 0 Å². The Kier molecular flexibility index (Phi) is 6.15. The average Bonchev–Trinajstić information content (AvgIpc) is 2.97. The maximum atomic E-state index is 12.2. The van der Waals surface area contributed by atoms with Crippen molar-refractivity contribution in [3.05, 3.63) is 56.7 Å². The van der Waals surface area contributed by atoms with Gasteiger partial charge in [0.15, 0.2) is 5.78 Å². The molecule has 0 aliphatic rings. The van der Waals surface area contributed by atoms with Crippen molar-refractivity contribution in [3.8, 4) is 0 Å². The van der Waals surface area contributed by atoms with Crippen LogP contribution in [0.25, 0.3) is 0 Å². The number of ketones is 1. The van der Waals surface area contributed by atoms with E-state index in [-0.39, 0.29) is 5.78 Å². The van der Waals surface area contributed by atoms with Crippen LogP contribution in [0.1, 0.15) is 28.6 Å². The molecule has 1 atom stereocenters. The Bertz CT molecular complexity index is 582. The molecule has 0 amide bonds. The van der Waals surface area contributed by atoms with Crippen molar-refractivity contribution in [2.24, 2.45) is 0 Å². The van der Waals surface area contributed by atoms with Gasteiger partial charge in [-0.2, -0.15) is 0 Å². The topological polar surface area (TPSA) is 20.3 Å². The predicted octanol–water partition coefficient (Wildman–Crippen LogP) is 4.65. The molecule has 0 aliphatic carbocycles. The lowest BCUT2D eigenvalue weighted by Crippen LogP contribution is -2.32. The molecule has 112 valence electrons. The third kappa shape index (κ3) is 5.06. The third-order valence-corrected chi connectivity index (χ3v) is 5.06. The lowest BCUT2D eigenvalue weighted by molar-refractivity contribution is 0.0962. The second-order valence-electron chi connectivity index (χ2n) is 5.30. The average molecular weight is 366 g/mol. The van der Waals surface area contributed by atoms with E-state index in [0.717, 1.165) is 23.0 Å². The predicted molar refractivity (Wildman–Crippen MR) is 93.2 cm³/mol. The number of hydrogen-bond donors (Lipinski definition) is 0. The van der Waals surface area contributed by atoms with Crippen LogP contribution in [0.2, 0.25) is 0 Å². The third-order valence-electron chi connectivity index (χ3n) is 3.67. The quantitative estimate of drug-likeness (QED) is 0.665. The molecule has 2 nitrogen and oxygen atoms in total. The van der Waals surface area contributed by atoms with Gasteiger partial charge in [-0.25, -0.2) is 0 Å². The number of nitrogens with zero attached hydrogens (tertiary/aromatic N) is 1. The molecule has 0 aliphatic heterocycles. The maximum absolute atomic E-state index is 12.2. The van der Waals surface area contributed by atoms with Crippen LogP contribution in [0, 0.1) is 0 Å². The van der Waals surface area contributed by atoms with E-state index >= 15 is 0 Å². The number of carbonyl (C=O) groups excluding carboxylic acids is 1. The van der Waals surface area contributed by atoms with Crippen molar-refractivity contribution >= 4 is 33.0 Å². The van der Waals surface area contributed by atoms with Crippen molar-refractivity contribution in [3.63, 3.8) is 0 Å². The van der Waals surface area contributed by atoms with Crippen LogP contribution in [0.15, 0.2) is 46.3 Å². The SMILES string of the molecule is CC(Cc1cccs1)N(C)CCC(=O)c1cccc(Br)c1. The Morgan fingerprint density at radius 1 is 1.33 bits per heavy atom. The zero-order valence-electron chi connectivity index (χ0n) is 12.4. The fraction of sp³-hybridized carbons (Fsp3) is 0.353. The van der Waals surface area contributed by atoms with Crippen molar-refractivity contribution < 1.29 is 4.79 Å². The second kappa shape index (κ2) is 7.87. The molecule has 0 bridgehead atoms. The summed E-state index contributed by atoms with van der Waals surface area (Å²) in [5.74, 6) is 0.200. The summed E-state index contributed by atoms with van der Waals surface area (Å²) in [7, 11) is 2.09. The monoisotopic (exact) mass is 365 g/mol. The first-order valence-corrected chi connectivity index (χ1v) is 8.75. The van der Waals surface area contributed by atoms with Gasteiger partial charge in [0.1, 0.15) is 0 Å². The highest BCUT2D eigenvalue weighted by Gasteiger charge is 2.13. The molecule has 1 heterocycles. The molecule has 2 rings (SSSR count). The van der Waals surface area contributed by atoms with Gasteiger partial charge in [0.2, 0.25) is 0 Å². The molecule has 1 aromatic carbocycles. The zero-order chi connectivity index (χ0) is 15.2. The fourth-order valence-electron chi connectivity index (χ4n) is 2.18. The van der Waals surface area contributed by atoms with Crippen LogP contribution in [0.3, 0.4) is 0 Å². The molecule has 0 radical (unpaired) electrons. The lowest BCUT2D eigenvalue weighted by atomic mass is 10.1. The molecule has 0 N–H and O–H groups in total. The summed E-state index contributed by atoms with van der Waals surface area (Å²) in [5.41, 5.74) is 0.781. The lowest BCUT2D eigenvalue weighted by Gasteiger charge is -2.24. The Morgan fingerprint density at radius 2 is 2.14 bits per heavy atom. The van der Waals surface area contributed by atoms with Gasteiger partial charge in [-0.15, -0.1) is 11.3 Å². The van der Waals surface area contributed by atoms with Crippen molar-refractivity contribution in [1.82, 2.24) is 4.90 Å². The van der Waals surface area contributed by atoms with Crippen molar-refractivity contribution in [2.75, 3.05) is 13.6 Å². The summed E-state index contributed by atoms with van der Waals surface area (Å²) in [6.07, 6.45) is 1.60. The molecule has 0 saturated heterocycles. The van der Waals surface area contributed by atoms with Gasteiger partial charge in [-0.1, -0.05) is 34.1 Å². The molecule has 21 heavy (non-hydrogen) atoms. The first-order chi connectivity index (χ1) is 10.1. The summed E-state index contributed by atoms with van der Waals surface area (Å²) < 4.78 is 0.952. The Hall–Kier alpha value is -0.970. The summed E-state index contributed by atoms with van der Waals surface area (Å²) in [6, 6.07) is 12.3. The summed E-state index contributed by atoms with van der Waals surface area (Å²) >= 11 is 5.20. The largest absolute Gasteiger partial charge is 0.303 e. The molecule has 0 fully saturated rings. The Balaban J connectivity index is 1.83. The molecule has 1 aromatic heterocycles. The van der Waals surface area contributed by atoms with Gasteiger partial charge in [0.25, 0.3) is 0 Å². The van der Waals surface area contributed by atoms with E-state index in [0.29, 0.717) is 12.5 Å². The van der Waals surface area contributed by atoms with Gasteiger partial charge in [0, 0.05) is 33.9 Å². The summed E-state index contributed by atoms with van der Waals surface area (Å²) in [5, 5.41) is 2.11. The van der Waals surface area contributed by atoms with Gasteiger partial charge >= 0.3 is 0 Å². The van der Waals surface area contributed by atoms with Gasteiger partial charge in [0.05, 0.1) is 0 Å². The fourth-order valence-corrected chi connectivity index (χ4v) is 3.41. The standard InChI is InChI=1S/C17H20BrNOS/c1-13(11-16-7-4-10-21-16)19(2)9-8-17(20)14-5-3-6-15(18)12-14/h3-7,10,12-13H,8-9,11H2,1-2H3. The molecule has 4 heteroatoms. The van der Waals surface area contributed by atoms with Crippen LogP contribution in [-0.2, 0) is 6.42 Å². The smallest absolute Gasteiger partial charge is 0.164 e. The molecular formula is C17H20BrNOS. The van der Waals surface area contributed by atoms with Crippen LogP contribution < -0.4 is 0 Å². The number of thiophene rings is 1. The summed E-state index contributed by atoms with van der Waals surface area (Å²) in [4.78, 5) is 15.9. The number of likely N-dealkylation sites (N-methyl/N-ethyl adjacent to an activating group) is 1. The number of rotatable bonds is 7. The minimum Gasteiger partial charge on any atom is -0.303 e. The van der Waals surface area contributed by atoms with Gasteiger partial charge < -0.3 is 4.90 Å². The minimum atomic E-state index is 0.200. The van der Waals surface area contributed by atoms with Crippen molar-refractivity contribution in [2.45, 2.75) is 25.8 Å². The maximum Gasteiger partial charge on any atom is 0.164 e. The highest BCUT2D eigenvalue weighted by atomic mass is 79.9. The van der Waals surface area contributed by atoms with Gasteiger partial charge in [-0.3, -0.25) is 4.79 Å². The van der Waals surface area contributed by atoms with E-state index in [4.69, 9.17) is 0 Å². The number of carbonyl (C=O) groups is 1. The highest BCUT2D eigenvalue weighted by Crippen LogP contribution is 2.15. The molecule has 1 unspecified atom stereocenters. The Morgan fingerprint density at radius 3 is 2.81 bits per heavy atom. The normalized spacial score (nSPS) is 12.6. The number of halogens is 1. The molecular weight excluding hydrogens is 346 g/mol. The first kappa shape index (κ1) is 16.4. The Labute approximate surface area is 138 Å².